The number of esters is 1. The molecule has 4 aromatic carbocycles. The molecule has 0 aliphatic heterocycles. The van der Waals surface area contributed by atoms with E-state index in [-0.39, 0.29) is 24.8 Å². The van der Waals surface area contributed by atoms with Gasteiger partial charge in [0, 0.05) is 13.1 Å². The number of hydrogen-bond acceptors (Lipinski definition) is 6. The second-order valence-electron chi connectivity index (χ2n) is 12.2. The molecule has 4 aromatic rings. The molecule has 0 saturated heterocycles. The molecule has 8 nitrogen and oxygen atoms in total. The molecule has 0 aliphatic carbocycles. The first kappa shape index (κ1) is 34.0. The highest BCUT2D eigenvalue weighted by molar-refractivity contribution is 5.92. The number of amides is 2. The summed E-state index contributed by atoms with van der Waals surface area (Å²) < 4.78 is 16.3. The zero-order valence-corrected chi connectivity index (χ0v) is 27.4. The Bertz CT molecular complexity index is 1610. The number of methoxy groups -OCH3 is 1. The van der Waals surface area contributed by atoms with E-state index in [1.807, 2.05) is 106 Å². The van der Waals surface area contributed by atoms with Crippen LogP contribution in [0.4, 0.5) is 0 Å². The highest BCUT2D eigenvalue weighted by atomic mass is 16.6. The molecular formula is C38H44N2O6. The third-order valence-corrected chi connectivity index (χ3v) is 7.39. The van der Waals surface area contributed by atoms with E-state index in [9.17, 15) is 14.4 Å². The molecule has 1 atom stereocenters. The molecular weight excluding hydrogens is 580 g/mol. The number of nitrogens with one attached hydrogen (secondary N) is 1. The Labute approximate surface area is 271 Å². The SMILES string of the molecule is CCCCN(C(=O)Cc1ccc(OC)cc1)[C@@H](C(=O)NCc1ccccc1)c1ccc2cc(OCC(=O)OC(C)(C)C)ccc2c1. The maximum Gasteiger partial charge on any atom is 0.344 e. The van der Waals surface area contributed by atoms with Crippen LogP contribution in [-0.2, 0) is 32.1 Å². The maximum absolute atomic E-state index is 14.0. The minimum atomic E-state index is -0.839. The third kappa shape index (κ3) is 9.83. The molecule has 8 heteroatoms. The summed E-state index contributed by atoms with van der Waals surface area (Å²) in [6.07, 6.45) is 1.78. The standard InChI is InChI=1S/C38H44N2O6/c1-6-7-21-40(34(41)22-27-13-18-32(44-5)19-14-27)36(37(43)39-25-28-11-9-8-10-12-28)31-16-15-30-24-33(20-17-29(30)23-31)45-26-35(42)46-38(2,3)4/h8-20,23-24,36H,6-7,21-22,25-26H2,1-5H3,(H,39,43)/t36-/m1/s1. The van der Waals surface area contributed by atoms with Gasteiger partial charge in [0.15, 0.2) is 6.61 Å². The van der Waals surface area contributed by atoms with Crippen LogP contribution in [0.5, 0.6) is 11.5 Å². The normalized spacial score (nSPS) is 11.8. The van der Waals surface area contributed by atoms with E-state index in [0.29, 0.717) is 30.2 Å². The molecule has 0 fully saturated rings. The number of unbranched alkanes of at least 4 members (excludes halogenated alkanes) is 1. The number of hydrogen-bond donors (Lipinski definition) is 1. The van der Waals surface area contributed by atoms with Crippen LogP contribution in [0.15, 0.2) is 91.0 Å². The summed E-state index contributed by atoms with van der Waals surface area (Å²) in [6, 6.07) is 27.5. The van der Waals surface area contributed by atoms with E-state index in [0.717, 1.165) is 34.7 Å². The maximum atomic E-state index is 14.0. The molecule has 0 heterocycles. The number of rotatable bonds is 14. The van der Waals surface area contributed by atoms with Gasteiger partial charge in [-0.2, -0.15) is 0 Å². The fourth-order valence-corrected chi connectivity index (χ4v) is 5.12. The van der Waals surface area contributed by atoms with E-state index in [4.69, 9.17) is 14.2 Å². The molecule has 2 amide bonds. The lowest BCUT2D eigenvalue weighted by Gasteiger charge is -2.32. The molecule has 4 rings (SSSR count). The second kappa shape index (κ2) is 15.9. The zero-order chi connectivity index (χ0) is 33.1. The van der Waals surface area contributed by atoms with Gasteiger partial charge in [-0.1, -0.05) is 74.0 Å². The van der Waals surface area contributed by atoms with Crippen LogP contribution in [0.2, 0.25) is 0 Å². The first-order chi connectivity index (χ1) is 22.1. The Kier molecular flexibility index (Phi) is 11.8. The highest BCUT2D eigenvalue weighted by Gasteiger charge is 2.31. The summed E-state index contributed by atoms with van der Waals surface area (Å²) in [6.45, 7) is 8.07. The molecule has 0 spiro atoms. The van der Waals surface area contributed by atoms with Gasteiger partial charge in [0.25, 0.3) is 0 Å². The number of ether oxygens (including phenoxy) is 3. The number of benzene rings is 4. The quantitative estimate of drug-likeness (QED) is 0.155. The van der Waals surface area contributed by atoms with Gasteiger partial charge in [-0.25, -0.2) is 4.79 Å². The third-order valence-electron chi connectivity index (χ3n) is 7.39. The van der Waals surface area contributed by atoms with E-state index in [1.165, 1.54) is 0 Å². The Hall–Kier alpha value is -4.85. The van der Waals surface area contributed by atoms with Crippen LogP contribution in [0.25, 0.3) is 10.8 Å². The van der Waals surface area contributed by atoms with Gasteiger partial charge in [-0.15, -0.1) is 0 Å². The summed E-state index contributed by atoms with van der Waals surface area (Å²) in [7, 11) is 1.60. The van der Waals surface area contributed by atoms with Crippen molar-refractivity contribution in [1.29, 1.82) is 0 Å². The van der Waals surface area contributed by atoms with Gasteiger partial charge in [0.05, 0.1) is 13.5 Å². The summed E-state index contributed by atoms with van der Waals surface area (Å²) in [5.74, 6) is 0.414. The molecule has 0 aliphatic rings. The number of nitrogens with zero attached hydrogens (tertiary/aromatic N) is 1. The molecule has 242 valence electrons. The van der Waals surface area contributed by atoms with Gasteiger partial charge in [0.2, 0.25) is 11.8 Å². The Morgan fingerprint density at radius 3 is 2.17 bits per heavy atom. The molecule has 0 unspecified atom stereocenters. The van der Waals surface area contributed by atoms with Crippen LogP contribution < -0.4 is 14.8 Å². The predicted octanol–water partition coefficient (Wildman–Crippen LogP) is 6.80. The predicted molar refractivity (Wildman–Crippen MR) is 180 cm³/mol. The van der Waals surface area contributed by atoms with Crippen molar-refractivity contribution in [2.24, 2.45) is 0 Å². The van der Waals surface area contributed by atoms with Crippen molar-refractivity contribution in [2.45, 2.75) is 65.1 Å². The van der Waals surface area contributed by atoms with E-state index >= 15 is 0 Å². The number of carbonyl (C=O) groups is 3. The Morgan fingerprint density at radius 2 is 1.50 bits per heavy atom. The van der Waals surface area contributed by atoms with Gasteiger partial charge >= 0.3 is 5.97 Å². The van der Waals surface area contributed by atoms with Crippen LogP contribution in [0.1, 0.15) is 63.3 Å². The van der Waals surface area contributed by atoms with Crippen molar-refractivity contribution in [1.82, 2.24) is 10.2 Å². The first-order valence-corrected chi connectivity index (χ1v) is 15.7. The van der Waals surface area contributed by atoms with Crippen molar-refractivity contribution in [2.75, 3.05) is 20.3 Å². The molecule has 1 N–H and O–H groups in total. The average Bonchev–Trinajstić information content (AvgIpc) is 3.04. The summed E-state index contributed by atoms with van der Waals surface area (Å²) >= 11 is 0. The largest absolute Gasteiger partial charge is 0.497 e. The Morgan fingerprint density at radius 1 is 0.826 bits per heavy atom. The zero-order valence-electron chi connectivity index (χ0n) is 27.4. The van der Waals surface area contributed by atoms with E-state index in [2.05, 4.69) is 12.2 Å². The van der Waals surface area contributed by atoms with Gasteiger partial charge in [0.1, 0.15) is 23.1 Å². The number of fused-ring (bicyclic) bond motifs is 1. The lowest BCUT2D eigenvalue weighted by atomic mass is 9.98. The monoisotopic (exact) mass is 624 g/mol. The first-order valence-electron chi connectivity index (χ1n) is 15.7. The van der Waals surface area contributed by atoms with Crippen molar-refractivity contribution in [3.63, 3.8) is 0 Å². The highest BCUT2D eigenvalue weighted by Crippen LogP contribution is 2.29. The van der Waals surface area contributed by atoms with Crippen molar-refractivity contribution in [3.05, 3.63) is 108 Å². The molecule has 0 aromatic heterocycles. The lowest BCUT2D eigenvalue weighted by molar-refractivity contribution is -0.157. The van der Waals surface area contributed by atoms with Gasteiger partial charge in [-0.05, 0) is 85.0 Å². The van der Waals surface area contributed by atoms with Crippen LogP contribution in [-0.4, -0.2) is 48.5 Å². The summed E-state index contributed by atoms with van der Waals surface area (Å²) in [5.41, 5.74) is 1.93. The van der Waals surface area contributed by atoms with E-state index < -0.39 is 17.6 Å². The van der Waals surface area contributed by atoms with E-state index in [1.54, 1.807) is 18.1 Å². The minimum absolute atomic E-state index is 0.135. The van der Waals surface area contributed by atoms with Crippen LogP contribution in [0.3, 0.4) is 0 Å². The Balaban J connectivity index is 1.63. The molecule has 0 radical (unpaired) electrons. The summed E-state index contributed by atoms with van der Waals surface area (Å²) in [5, 5.41) is 4.83. The molecule has 0 bridgehead atoms. The van der Waals surface area contributed by atoms with Gasteiger partial charge in [-0.3, -0.25) is 9.59 Å². The fourth-order valence-electron chi connectivity index (χ4n) is 5.12. The topological polar surface area (TPSA) is 94.2 Å². The lowest BCUT2D eigenvalue weighted by Crippen LogP contribution is -2.44. The second-order valence-corrected chi connectivity index (χ2v) is 12.2. The molecule has 0 saturated carbocycles. The van der Waals surface area contributed by atoms with Gasteiger partial charge < -0.3 is 24.4 Å². The van der Waals surface area contributed by atoms with Crippen LogP contribution >= 0.6 is 0 Å². The number of carbonyl (C=O) groups excluding carboxylic acids is 3. The van der Waals surface area contributed by atoms with Crippen molar-refractivity contribution < 1.29 is 28.6 Å². The van der Waals surface area contributed by atoms with Crippen molar-refractivity contribution in [3.8, 4) is 11.5 Å². The average molecular weight is 625 g/mol. The minimum Gasteiger partial charge on any atom is -0.497 e. The summed E-state index contributed by atoms with van der Waals surface area (Å²) in [4.78, 5) is 41.8. The molecule has 46 heavy (non-hydrogen) atoms. The fraction of sp³-hybridized carbons (Fsp3) is 0.342. The van der Waals surface area contributed by atoms with Crippen LogP contribution in [0, 0.1) is 0 Å². The smallest absolute Gasteiger partial charge is 0.344 e. The van der Waals surface area contributed by atoms with Crippen molar-refractivity contribution >= 4 is 28.6 Å².